The van der Waals surface area contributed by atoms with Crippen molar-refractivity contribution in [2.45, 2.75) is 20.0 Å². The molecule has 0 bridgehead atoms. The summed E-state index contributed by atoms with van der Waals surface area (Å²) in [4.78, 5) is 3.27. The third-order valence-electron chi connectivity index (χ3n) is 2.50. The molecule has 0 aliphatic heterocycles. The maximum atomic E-state index is 10.3. The summed E-state index contributed by atoms with van der Waals surface area (Å²) in [5.41, 5.74) is 0.989. The number of ether oxygens (including phenoxy) is 1. The summed E-state index contributed by atoms with van der Waals surface area (Å²) in [6, 6.07) is 3.93. The molecule has 0 amide bonds. The van der Waals surface area contributed by atoms with Gasteiger partial charge in [0, 0.05) is 9.75 Å². The van der Waals surface area contributed by atoms with Gasteiger partial charge in [-0.25, -0.2) is 0 Å². The highest BCUT2D eigenvalue weighted by atomic mass is 32.1. The van der Waals surface area contributed by atoms with Crippen molar-refractivity contribution in [2.24, 2.45) is 0 Å². The quantitative estimate of drug-likeness (QED) is 0.908. The summed E-state index contributed by atoms with van der Waals surface area (Å²) in [5, 5.41) is 12.3. The predicted octanol–water partition coefficient (Wildman–Crippen LogP) is 3.52. The second-order valence-electron chi connectivity index (χ2n) is 3.62. The predicted molar refractivity (Wildman–Crippen MR) is 68.7 cm³/mol. The standard InChI is InChI=1S/C12H14O2S2/c1-7-6-9(8(2)16-7)11(13)12-10(14-3)4-5-15-12/h4-6,11,13H,1-3H3. The van der Waals surface area contributed by atoms with Crippen LogP contribution in [0.2, 0.25) is 0 Å². The smallest absolute Gasteiger partial charge is 0.135 e. The molecule has 0 aliphatic carbocycles. The van der Waals surface area contributed by atoms with E-state index in [2.05, 4.69) is 6.92 Å². The van der Waals surface area contributed by atoms with Gasteiger partial charge in [0.2, 0.25) is 0 Å². The summed E-state index contributed by atoms with van der Waals surface area (Å²) in [5.74, 6) is 0.765. The van der Waals surface area contributed by atoms with Gasteiger partial charge in [-0.15, -0.1) is 22.7 Å². The Morgan fingerprint density at radius 1 is 1.38 bits per heavy atom. The third kappa shape index (κ3) is 2.00. The number of hydrogen-bond acceptors (Lipinski definition) is 4. The fourth-order valence-electron chi connectivity index (χ4n) is 1.74. The Bertz CT molecular complexity index is 485. The van der Waals surface area contributed by atoms with Crippen LogP contribution in [0.1, 0.15) is 26.3 Å². The number of aryl methyl sites for hydroxylation is 2. The minimum atomic E-state index is -0.570. The van der Waals surface area contributed by atoms with Crippen molar-refractivity contribution < 1.29 is 9.84 Å². The molecule has 0 fully saturated rings. The van der Waals surface area contributed by atoms with Crippen molar-refractivity contribution in [3.8, 4) is 5.75 Å². The first-order valence-electron chi connectivity index (χ1n) is 5.00. The van der Waals surface area contributed by atoms with Gasteiger partial charge in [-0.2, -0.15) is 0 Å². The molecule has 4 heteroatoms. The van der Waals surface area contributed by atoms with Crippen LogP contribution in [0, 0.1) is 13.8 Å². The summed E-state index contributed by atoms with van der Waals surface area (Å²) >= 11 is 3.24. The molecule has 2 heterocycles. The van der Waals surface area contributed by atoms with E-state index in [1.54, 1.807) is 18.4 Å². The highest BCUT2D eigenvalue weighted by Gasteiger charge is 2.19. The zero-order valence-corrected chi connectivity index (χ0v) is 11.1. The van der Waals surface area contributed by atoms with Gasteiger partial charge in [0.1, 0.15) is 11.9 Å². The zero-order chi connectivity index (χ0) is 11.7. The van der Waals surface area contributed by atoms with Crippen LogP contribution in [0.3, 0.4) is 0 Å². The Kier molecular flexibility index (Phi) is 3.33. The lowest BCUT2D eigenvalue weighted by Gasteiger charge is -2.10. The number of aliphatic hydroxyl groups is 1. The fraction of sp³-hybridized carbons (Fsp3) is 0.333. The number of thiophene rings is 2. The molecule has 1 unspecified atom stereocenters. The van der Waals surface area contributed by atoms with Gasteiger partial charge in [0.15, 0.2) is 0 Å². The summed E-state index contributed by atoms with van der Waals surface area (Å²) in [7, 11) is 1.63. The van der Waals surface area contributed by atoms with Crippen LogP contribution in [0.5, 0.6) is 5.75 Å². The van der Waals surface area contributed by atoms with Crippen molar-refractivity contribution in [3.05, 3.63) is 37.7 Å². The average Bonchev–Trinajstić information content (AvgIpc) is 2.83. The second-order valence-corrected chi connectivity index (χ2v) is 6.03. The van der Waals surface area contributed by atoms with Crippen molar-refractivity contribution >= 4 is 22.7 Å². The van der Waals surface area contributed by atoms with Crippen molar-refractivity contribution in [2.75, 3.05) is 7.11 Å². The molecule has 0 radical (unpaired) electrons. The summed E-state index contributed by atoms with van der Waals surface area (Å²) in [6.45, 7) is 4.09. The fourth-order valence-corrected chi connectivity index (χ4v) is 3.56. The SMILES string of the molecule is COc1ccsc1C(O)c1cc(C)sc1C. The van der Waals surface area contributed by atoms with E-state index in [9.17, 15) is 5.11 Å². The van der Waals surface area contributed by atoms with E-state index in [1.807, 2.05) is 24.4 Å². The molecule has 0 saturated carbocycles. The normalized spacial score (nSPS) is 12.8. The molecule has 1 N–H and O–H groups in total. The van der Waals surface area contributed by atoms with E-state index in [4.69, 9.17) is 4.74 Å². The van der Waals surface area contributed by atoms with E-state index >= 15 is 0 Å². The summed E-state index contributed by atoms with van der Waals surface area (Å²) in [6.07, 6.45) is -0.570. The first kappa shape index (κ1) is 11.6. The van der Waals surface area contributed by atoms with E-state index in [1.165, 1.54) is 21.1 Å². The number of methoxy groups -OCH3 is 1. The van der Waals surface area contributed by atoms with Gasteiger partial charge < -0.3 is 9.84 Å². The first-order valence-corrected chi connectivity index (χ1v) is 6.69. The van der Waals surface area contributed by atoms with Crippen LogP contribution in [-0.4, -0.2) is 12.2 Å². The molecule has 86 valence electrons. The molecule has 0 aliphatic rings. The molecule has 2 aromatic heterocycles. The number of rotatable bonds is 3. The minimum Gasteiger partial charge on any atom is -0.495 e. The summed E-state index contributed by atoms with van der Waals surface area (Å²) < 4.78 is 5.23. The van der Waals surface area contributed by atoms with Gasteiger partial charge in [-0.05, 0) is 36.9 Å². The Labute approximate surface area is 103 Å². The van der Waals surface area contributed by atoms with Gasteiger partial charge >= 0.3 is 0 Å². The second kappa shape index (κ2) is 4.57. The maximum Gasteiger partial charge on any atom is 0.135 e. The molecule has 16 heavy (non-hydrogen) atoms. The topological polar surface area (TPSA) is 29.5 Å². The lowest BCUT2D eigenvalue weighted by molar-refractivity contribution is 0.219. The molecule has 0 aromatic carbocycles. The van der Waals surface area contributed by atoms with Crippen LogP contribution >= 0.6 is 22.7 Å². The highest BCUT2D eigenvalue weighted by molar-refractivity contribution is 7.12. The largest absolute Gasteiger partial charge is 0.495 e. The molecule has 0 spiro atoms. The van der Waals surface area contributed by atoms with E-state index in [-0.39, 0.29) is 0 Å². The van der Waals surface area contributed by atoms with Gasteiger partial charge in [0.25, 0.3) is 0 Å². The molecular formula is C12H14O2S2. The van der Waals surface area contributed by atoms with Crippen molar-refractivity contribution in [1.82, 2.24) is 0 Å². The average molecular weight is 254 g/mol. The van der Waals surface area contributed by atoms with Crippen molar-refractivity contribution in [1.29, 1.82) is 0 Å². The van der Waals surface area contributed by atoms with Gasteiger partial charge in [0.05, 0.1) is 12.0 Å². The Morgan fingerprint density at radius 3 is 2.69 bits per heavy atom. The highest BCUT2D eigenvalue weighted by Crippen LogP contribution is 2.37. The molecule has 0 saturated heterocycles. The first-order chi connectivity index (χ1) is 7.63. The van der Waals surface area contributed by atoms with E-state index in [0.717, 1.165) is 16.2 Å². The Hall–Kier alpha value is -0.840. The Morgan fingerprint density at radius 2 is 2.12 bits per heavy atom. The van der Waals surface area contributed by atoms with Crippen molar-refractivity contribution in [3.63, 3.8) is 0 Å². The van der Waals surface area contributed by atoms with Crippen LogP contribution < -0.4 is 4.74 Å². The minimum absolute atomic E-state index is 0.570. The third-order valence-corrected chi connectivity index (χ3v) is 4.43. The number of aliphatic hydroxyl groups excluding tert-OH is 1. The molecule has 2 rings (SSSR count). The van der Waals surface area contributed by atoms with Crippen LogP contribution in [0.25, 0.3) is 0 Å². The Balaban J connectivity index is 2.38. The molecule has 2 nitrogen and oxygen atoms in total. The lowest BCUT2D eigenvalue weighted by Crippen LogP contribution is -1.99. The maximum absolute atomic E-state index is 10.3. The van der Waals surface area contributed by atoms with Gasteiger partial charge in [-0.3, -0.25) is 0 Å². The van der Waals surface area contributed by atoms with Crippen LogP contribution in [0.15, 0.2) is 17.5 Å². The zero-order valence-electron chi connectivity index (χ0n) is 9.48. The molecule has 1 atom stereocenters. The van der Waals surface area contributed by atoms with E-state index in [0.29, 0.717) is 0 Å². The number of hydrogen-bond donors (Lipinski definition) is 1. The van der Waals surface area contributed by atoms with Crippen LogP contribution in [0.4, 0.5) is 0 Å². The van der Waals surface area contributed by atoms with Gasteiger partial charge in [-0.1, -0.05) is 0 Å². The van der Waals surface area contributed by atoms with E-state index < -0.39 is 6.10 Å². The molecule has 2 aromatic rings. The van der Waals surface area contributed by atoms with Crippen LogP contribution in [-0.2, 0) is 0 Å². The monoisotopic (exact) mass is 254 g/mol. The molecular weight excluding hydrogens is 240 g/mol. The lowest BCUT2D eigenvalue weighted by atomic mass is 10.1.